The van der Waals surface area contributed by atoms with Gasteiger partial charge in [-0.15, -0.1) is 0 Å². The number of rotatable bonds is 18. The van der Waals surface area contributed by atoms with E-state index in [4.69, 9.17) is 42.3 Å². The lowest BCUT2D eigenvalue weighted by molar-refractivity contribution is -0.288. The molecule has 1 fully saturated rings. The largest absolute Gasteiger partial charge is 0.489 e. The Bertz CT molecular complexity index is 1550. The summed E-state index contributed by atoms with van der Waals surface area (Å²) in [5.41, 5.74) is -0.969. The molecule has 15 nitrogen and oxygen atoms in total. The normalized spacial score (nSPS) is 20.0. The zero-order valence-electron chi connectivity index (χ0n) is 29.3. The molecule has 5 atom stereocenters. The lowest BCUT2D eigenvalue weighted by atomic mass is 9.98. The molecule has 1 aromatic carbocycles. The van der Waals surface area contributed by atoms with Gasteiger partial charge in [-0.25, -0.2) is 4.79 Å². The summed E-state index contributed by atoms with van der Waals surface area (Å²) in [4.78, 5) is 72.8. The fourth-order valence-electron chi connectivity index (χ4n) is 5.41. The van der Waals surface area contributed by atoms with E-state index < -0.39 is 78.5 Å². The quantitative estimate of drug-likeness (QED) is 0.0897. The van der Waals surface area contributed by atoms with Crippen LogP contribution >= 0.6 is 0 Å². The fourth-order valence-corrected chi connectivity index (χ4v) is 5.41. The Morgan fingerprint density at radius 2 is 1.30 bits per heavy atom. The summed E-state index contributed by atoms with van der Waals surface area (Å²) in [6.45, 7) is 7.61. The van der Waals surface area contributed by atoms with Crippen LogP contribution in [0, 0.1) is 0 Å². The molecule has 0 radical (unpaired) electrons. The second-order valence-electron chi connectivity index (χ2n) is 11.8. The minimum Gasteiger partial charge on any atom is -0.489 e. The van der Waals surface area contributed by atoms with Gasteiger partial charge < -0.3 is 42.3 Å². The molecule has 1 aliphatic heterocycles. The summed E-state index contributed by atoms with van der Waals surface area (Å²) in [7, 11) is 0. The summed E-state index contributed by atoms with van der Waals surface area (Å²) in [5, 5.41) is 0.300. The second-order valence-corrected chi connectivity index (χ2v) is 11.8. The van der Waals surface area contributed by atoms with Crippen molar-refractivity contribution >= 4 is 40.8 Å². The molecule has 1 aromatic heterocycles. The molecule has 0 amide bonds. The van der Waals surface area contributed by atoms with E-state index in [9.17, 15) is 28.8 Å². The third kappa shape index (κ3) is 12.0. The monoisotopic (exact) mass is 706 g/mol. The van der Waals surface area contributed by atoms with E-state index in [0.29, 0.717) is 11.8 Å². The maximum atomic E-state index is 13.0. The number of ether oxygens (including phenoxy) is 8. The molecule has 15 heteroatoms. The van der Waals surface area contributed by atoms with E-state index in [0.717, 1.165) is 53.9 Å². The summed E-state index contributed by atoms with van der Waals surface area (Å²) in [6.07, 6.45) is 1.55. The molecule has 50 heavy (non-hydrogen) atoms. The van der Waals surface area contributed by atoms with E-state index in [1.165, 1.54) is 43.9 Å². The van der Waals surface area contributed by atoms with Crippen molar-refractivity contribution < 1.29 is 66.3 Å². The highest BCUT2D eigenvalue weighted by Gasteiger charge is 2.53. The number of fused-ring (bicyclic) bond motifs is 1. The Morgan fingerprint density at radius 3 is 1.90 bits per heavy atom. The molecule has 0 saturated carbocycles. The van der Waals surface area contributed by atoms with E-state index in [1.54, 1.807) is 0 Å². The Balaban J connectivity index is 1.93. The smallest absolute Gasteiger partial charge is 0.383 e. The Kier molecular flexibility index (Phi) is 15.5. The van der Waals surface area contributed by atoms with Gasteiger partial charge in [0.1, 0.15) is 24.0 Å². The zero-order valence-corrected chi connectivity index (χ0v) is 29.3. The van der Waals surface area contributed by atoms with Crippen molar-refractivity contribution in [3.63, 3.8) is 0 Å². The maximum Gasteiger partial charge on any atom is 0.383 e. The molecule has 1 aliphatic rings. The number of unbranched alkanes of at least 4 members (excludes halogenated alkanes) is 7. The van der Waals surface area contributed by atoms with Gasteiger partial charge >= 0.3 is 35.5 Å². The molecular formula is C35H46O15. The van der Waals surface area contributed by atoms with Crippen molar-refractivity contribution in [2.75, 3.05) is 13.2 Å². The van der Waals surface area contributed by atoms with Crippen molar-refractivity contribution in [1.29, 1.82) is 0 Å². The molecular weight excluding hydrogens is 660 g/mol. The van der Waals surface area contributed by atoms with Crippen LogP contribution in [0.15, 0.2) is 27.4 Å². The van der Waals surface area contributed by atoms with Gasteiger partial charge in [-0.3, -0.25) is 24.0 Å². The standard InChI is InChI=1S/C35H46O15/c1-7-8-9-10-11-12-13-14-17-42-29-26-16-15-25(18-27(26)49-34(41)32(29)46-23(5)39)48-35-33(47-24(6)40)31(45-22(4)38)30(44-21(3)37)28(50-35)19-43-20(2)36/h15-16,18,28,30-31,33,35H,7-14,17,19H2,1-6H3/t28-,30-,31+,33-,35-/m1/s1. The molecule has 3 rings (SSSR count). The summed E-state index contributed by atoms with van der Waals surface area (Å²) in [6, 6.07) is 4.32. The van der Waals surface area contributed by atoms with E-state index in [1.807, 2.05) is 0 Å². The average molecular weight is 707 g/mol. The first kappa shape index (κ1) is 39.8. The van der Waals surface area contributed by atoms with Gasteiger partial charge in [-0.2, -0.15) is 0 Å². The highest BCUT2D eigenvalue weighted by atomic mass is 16.7. The van der Waals surface area contributed by atoms with Gasteiger partial charge in [-0.05, 0) is 18.6 Å². The SMILES string of the molecule is CCCCCCCCCCOc1c(OC(C)=O)c(=O)oc2cc(O[C@@H]3O[C@H](COC(C)=O)[C@@H](OC(C)=O)[C@H](OC(C)=O)[C@H]3OC(C)=O)ccc12. The summed E-state index contributed by atoms with van der Waals surface area (Å²) < 4.78 is 50.0. The van der Waals surface area contributed by atoms with E-state index in [2.05, 4.69) is 6.92 Å². The first-order valence-electron chi connectivity index (χ1n) is 16.7. The Hall–Kier alpha value is -4.66. The number of hydrogen-bond acceptors (Lipinski definition) is 15. The number of carbonyl (C=O) groups excluding carboxylic acids is 5. The zero-order chi connectivity index (χ0) is 36.8. The van der Waals surface area contributed by atoms with Crippen molar-refractivity contribution in [2.45, 2.75) is 124 Å². The lowest BCUT2D eigenvalue weighted by Crippen LogP contribution is -2.63. The molecule has 1 saturated heterocycles. The predicted octanol–water partition coefficient (Wildman–Crippen LogP) is 4.70. The number of hydrogen-bond donors (Lipinski definition) is 0. The summed E-state index contributed by atoms with van der Waals surface area (Å²) >= 11 is 0. The predicted molar refractivity (Wildman–Crippen MR) is 174 cm³/mol. The Morgan fingerprint density at radius 1 is 0.700 bits per heavy atom. The van der Waals surface area contributed by atoms with Gasteiger partial charge in [0.25, 0.3) is 5.75 Å². The molecule has 0 spiro atoms. The first-order valence-corrected chi connectivity index (χ1v) is 16.7. The molecule has 2 heterocycles. The van der Waals surface area contributed by atoms with Gasteiger partial charge in [0.2, 0.25) is 12.4 Å². The highest BCUT2D eigenvalue weighted by Crippen LogP contribution is 2.37. The summed E-state index contributed by atoms with van der Waals surface area (Å²) in [5.74, 6) is -4.12. The van der Waals surface area contributed by atoms with Crippen LogP contribution in [0.5, 0.6) is 17.2 Å². The molecule has 2 aromatic rings. The van der Waals surface area contributed by atoms with Crippen LogP contribution in [-0.2, 0) is 47.7 Å². The van der Waals surface area contributed by atoms with Crippen molar-refractivity contribution in [1.82, 2.24) is 0 Å². The number of benzene rings is 1. The third-order valence-corrected chi connectivity index (χ3v) is 7.48. The first-order chi connectivity index (χ1) is 23.8. The lowest BCUT2D eigenvalue weighted by Gasteiger charge is -2.43. The van der Waals surface area contributed by atoms with Crippen LogP contribution in [-0.4, -0.2) is 73.8 Å². The maximum absolute atomic E-state index is 13.0. The fraction of sp³-hybridized carbons (Fsp3) is 0.600. The van der Waals surface area contributed by atoms with E-state index in [-0.39, 0.29) is 23.7 Å². The van der Waals surface area contributed by atoms with Crippen LogP contribution in [0.4, 0.5) is 0 Å². The van der Waals surface area contributed by atoms with Gasteiger partial charge in [0, 0.05) is 40.7 Å². The topological polar surface area (TPSA) is 189 Å². The van der Waals surface area contributed by atoms with Gasteiger partial charge in [0.05, 0.1) is 12.0 Å². The van der Waals surface area contributed by atoms with Crippen LogP contribution in [0.3, 0.4) is 0 Å². The van der Waals surface area contributed by atoms with Crippen molar-refractivity contribution in [2.24, 2.45) is 0 Å². The minimum atomic E-state index is -1.52. The molecule has 0 bridgehead atoms. The molecule has 0 N–H and O–H groups in total. The van der Waals surface area contributed by atoms with Crippen LogP contribution in [0.25, 0.3) is 11.0 Å². The van der Waals surface area contributed by atoms with Gasteiger partial charge in [-0.1, -0.05) is 51.9 Å². The van der Waals surface area contributed by atoms with Crippen molar-refractivity contribution in [3.8, 4) is 17.2 Å². The minimum absolute atomic E-state index is 0.0000366. The van der Waals surface area contributed by atoms with Gasteiger partial charge in [0.15, 0.2) is 18.0 Å². The molecule has 276 valence electrons. The van der Waals surface area contributed by atoms with E-state index >= 15 is 0 Å². The molecule has 0 unspecified atom stereocenters. The number of esters is 5. The van der Waals surface area contributed by atoms with Crippen molar-refractivity contribution in [3.05, 3.63) is 28.6 Å². The number of carbonyl (C=O) groups is 5. The third-order valence-electron chi connectivity index (χ3n) is 7.48. The van der Waals surface area contributed by atoms with Crippen LogP contribution < -0.4 is 19.8 Å². The van der Waals surface area contributed by atoms with Crippen LogP contribution in [0.1, 0.15) is 92.9 Å². The average Bonchev–Trinajstić information content (AvgIpc) is 3.02. The van der Waals surface area contributed by atoms with Crippen LogP contribution in [0.2, 0.25) is 0 Å². The molecule has 0 aliphatic carbocycles. The Labute approximate surface area is 289 Å². The highest BCUT2D eigenvalue weighted by molar-refractivity contribution is 5.87. The second kappa shape index (κ2) is 19.5.